The van der Waals surface area contributed by atoms with Gasteiger partial charge in [0.2, 0.25) is 5.91 Å². The molecular formula is C18H19ClN2O. The Morgan fingerprint density at radius 2 is 1.91 bits per heavy atom. The summed E-state index contributed by atoms with van der Waals surface area (Å²) < 4.78 is 0. The molecule has 0 aromatic heterocycles. The van der Waals surface area contributed by atoms with Crippen LogP contribution in [0.15, 0.2) is 48.5 Å². The van der Waals surface area contributed by atoms with Crippen LogP contribution in [0.1, 0.15) is 30.0 Å². The van der Waals surface area contributed by atoms with Crippen LogP contribution in [0.3, 0.4) is 0 Å². The zero-order valence-electron chi connectivity index (χ0n) is 12.5. The second kappa shape index (κ2) is 6.41. The summed E-state index contributed by atoms with van der Waals surface area (Å²) in [5.41, 5.74) is 2.80. The first-order chi connectivity index (χ1) is 10.6. The topological polar surface area (TPSA) is 41.1 Å². The zero-order valence-corrected chi connectivity index (χ0v) is 13.2. The SMILES string of the molecule is Cc1ccc(N[C@H](C(=O)NC2CC2)c2ccccc2)cc1Cl. The van der Waals surface area contributed by atoms with Crippen LogP contribution < -0.4 is 10.6 Å². The molecule has 0 saturated heterocycles. The van der Waals surface area contributed by atoms with Crippen molar-refractivity contribution < 1.29 is 4.79 Å². The molecule has 22 heavy (non-hydrogen) atoms. The van der Waals surface area contributed by atoms with E-state index in [-0.39, 0.29) is 5.91 Å². The van der Waals surface area contributed by atoms with E-state index in [0.29, 0.717) is 11.1 Å². The van der Waals surface area contributed by atoms with Crippen molar-refractivity contribution in [2.24, 2.45) is 0 Å². The quantitative estimate of drug-likeness (QED) is 0.873. The molecule has 0 radical (unpaired) electrons. The molecule has 1 fully saturated rings. The Balaban J connectivity index is 1.83. The molecule has 2 aromatic rings. The van der Waals surface area contributed by atoms with Crippen molar-refractivity contribution in [3.05, 3.63) is 64.7 Å². The highest BCUT2D eigenvalue weighted by atomic mass is 35.5. The van der Waals surface area contributed by atoms with Crippen LogP contribution in [0, 0.1) is 6.92 Å². The number of aryl methyl sites for hydroxylation is 1. The predicted molar refractivity (Wildman–Crippen MR) is 90.2 cm³/mol. The Labute approximate surface area is 135 Å². The van der Waals surface area contributed by atoms with Crippen LogP contribution in [0.2, 0.25) is 5.02 Å². The molecule has 1 saturated carbocycles. The van der Waals surface area contributed by atoms with Gasteiger partial charge < -0.3 is 10.6 Å². The van der Waals surface area contributed by atoms with Crippen molar-refractivity contribution in [2.45, 2.75) is 31.8 Å². The van der Waals surface area contributed by atoms with E-state index in [2.05, 4.69) is 10.6 Å². The van der Waals surface area contributed by atoms with E-state index in [1.54, 1.807) is 0 Å². The van der Waals surface area contributed by atoms with Crippen LogP contribution in [-0.4, -0.2) is 11.9 Å². The summed E-state index contributed by atoms with van der Waals surface area (Å²) in [7, 11) is 0. The smallest absolute Gasteiger partial charge is 0.247 e. The molecule has 0 heterocycles. The van der Waals surface area contributed by atoms with Crippen molar-refractivity contribution in [2.75, 3.05) is 5.32 Å². The number of rotatable bonds is 5. The molecular weight excluding hydrogens is 296 g/mol. The minimum absolute atomic E-state index is 0.00500. The highest BCUT2D eigenvalue weighted by Crippen LogP contribution is 2.26. The number of nitrogens with one attached hydrogen (secondary N) is 2. The van der Waals surface area contributed by atoms with Gasteiger partial charge in [-0.1, -0.05) is 48.0 Å². The number of carbonyl (C=O) groups excluding carboxylic acids is 1. The van der Waals surface area contributed by atoms with Crippen LogP contribution >= 0.6 is 11.6 Å². The molecule has 114 valence electrons. The van der Waals surface area contributed by atoms with Gasteiger partial charge in [0, 0.05) is 16.8 Å². The third-order valence-corrected chi connectivity index (χ3v) is 4.21. The lowest BCUT2D eigenvalue weighted by molar-refractivity contribution is -0.122. The molecule has 3 rings (SSSR count). The monoisotopic (exact) mass is 314 g/mol. The van der Waals surface area contributed by atoms with E-state index in [4.69, 9.17) is 11.6 Å². The summed E-state index contributed by atoms with van der Waals surface area (Å²) in [6.07, 6.45) is 2.15. The van der Waals surface area contributed by atoms with E-state index in [9.17, 15) is 4.79 Å². The predicted octanol–water partition coefficient (Wildman–Crippen LogP) is 4.08. The van der Waals surface area contributed by atoms with Gasteiger partial charge >= 0.3 is 0 Å². The average Bonchev–Trinajstić information content (AvgIpc) is 3.33. The number of benzene rings is 2. The van der Waals surface area contributed by atoms with E-state index in [1.165, 1.54) is 0 Å². The Morgan fingerprint density at radius 1 is 1.18 bits per heavy atom. The zero-order chi connectivity index (χ0) is 15.5. The average molecular weight is 315 g/mol. The maximum absolute atomic E-state index is 12.5. The molecule has 2 N–H and O–H groups in total. The van der Waals surface area contributed by atoms with E-state index in [0.717, 1.165) is 29.7 Å². The van der Waals surface area contributed by atoms with Gasteiger partial charge in [-0.2, -0.15) is 0 Å². The van der Waals surface area contributed by atoms with E-state index < -0.39 is 6.04 Å². The second-order valence-corrected chi connectivity index (χ2v) is 6.14. The number of halogens is 1. The normalized spacial score (nSPS) is 15.2. The summed E-state index contributed by atoms with van der Waals surface area (Å²) in [5, 5.41) is 7.06. The number of anilines is 1. The Hall–Kier alpha value is -2.00. The summed E-state index contributed by atoms with van der Waals surface area (Å²) in [5.74, 6) is 0.00500. The Morgan fingerprint density at radius 3 is 2.55 bits per heavy atom. The second-order valence-electron chi connectivity index (χ2n) is 5.73. The maximum atomic E-state index is 12.5. The molecule has 0 spiro atoms. The van der Waals surface area contributed by atoms with Gasteiger partial charge in [-0.05, 0) is 43.0 Å². The summed E-state index contributed by atoms with van der Waals surface area (Å²) >= 11 is 6.18. The lowest BCUT2D eigenvalue weighted by Gasteiger charge is -2.20. The molecule has 1 aliphatic carbocycles. The fraction of sp³-hybridized carbons (Fsp3) is 0.278. The van der Waals surface area contributed by atoms with Crippen molar-refractivity contribution >= 4 is 23.2 Å². The van der Waals surface area contributed by atoms with Gasteiger partial charge in [-0.25, -0.2) is 0 Å². The van der Waals surface area contributed by atoms with Crippen LogP contribution in [-0.2, 0) is 4.79 Å². The van der Waals surface area contributed by atoms with Gasteiger partial charge in [0.05, 0.1) is 0 Å². The Kier molecular flexibility index (Phi) is 4.34. The van der Waals surface area contributed by atoms with E-state index >= 15 is 0 Å². The van der Waals surface area contributed by atoms with Crippen LogP contribution in [0.4, 0.5) is 5.69 Å². The van der Waals surface area contributed by atoms with Gasteiger partial charge in [-0.15, -0.1) is 0 Å². The van der Waals surface area contributed by atoms with Crippen molar-refractivity contribution in [1.29, 1.82) is 0 Å². The number of hydrogen-bond donors (Lipinski definition) is 2. The Bertz CT molecular complexity index is 668. The molecule has 1 amide bonds. The van der Waals surface area contributed by atoms with Crippen molar-refractivity contribution in [1.82, 2.24) is 5.32 Å². The molecule has 3 nitrogen and oxygen atoms in total. The summed E-state index contributed by atoms with van der Waals surface area (Å²) in [6.45, 7) is 1.96. The summed E-state index contributed by atoms with van der Waals surface area (Å²) in [6, 6.07) is 15.4. The van der Waals surface area contributed by atoms with Gasteiger partial charge in [0.1, 0.15) is 6.04 Å². The first-order valence-electron chi connectivity index (χ1n) is 7.51. The number of carbonyl (C=O) groups is 1. The molecule has 0 bridgehead atoms. The molecule has 2 aromatic carbocycles. The maximum Gasteiger partial charge on any atom is 0.247 e. The molecule has 1 aliphatic rings. The first kappa shape index (κ1) is 14.9. The van der Waals surface area contributed by atoms with Crippen molar-refractivity contribution in [3.8, 4) is 0 Å². The number of amides is 1. The van der Waals surface area contributed by atoms with Gasteiger partial charge in [0.15, 0.2) is 0 Å². The highest BCUT2D eigenvalue weighted by Gasteiger charge is 2.28. The minimum atomic E-state index is -0.416. The third kappa shape index (κ3) is 3.60. The molecule has 0 unspecified atom stereocenters. The molecule has 1 atom stereocenters. The first-order valence-corrected chi connectivity index (χ1v) is 7.89. The summed E-state index contributed by atoms with van der Waals surface area (Å²) in [4.78, 5) is 12.5. The number of hydrogen-bond acceptors (Lipinski definition) is 2. The largest absolute Gasteiger partial charge is 0.370 e. The lowest BCUT2D eigenvalue weighted by Crippen LogP contribution is -2.34. The van der Waals surface area contributed by atoms with Gasteiger partial charge in [-0.3, -0.25) is 4.79 Å². The minimum Gasteiger partial charge on any atom is -0.370 e. The highest BCUT2D eigenvalue weighted by molar-refractivity contribution is 6.31. The van der Waals surface area contributed by atoms with Crippen molar-refractivity contribution in [3.63, 3.8) is 0 Å². The molecule has 4 heteroatoms. The van der Waals surface area contributed by atoms with Gasteiger partial charge in [0.25, 0.3) is 0 Å². The van der Waals surface area contributed by atoms with Crippen LogP contribution in [0.5, 0.6) is 0 Å². The van der Waals surface area contributed by atoms with Crippen LogP contribution in [0.25, 0.3) is 0 Å². The third-order valence-electron chi connectivity index (χ3n) is 3.80. The lowest BCUT2D eigenvalue weighted by atomic mass is 10.1. The fourth-order valence-electron chi connectivity index (χ4n) is 2.31. The van der Waals surface area contributed by atoms with E-state index in [1.807, 2.05) is 55.5 Å². The standard InChI is InChI=1S/C18H19ClN2O/c1-12-7-8-15(11-16(12)19)20-17(13-5-3-2-4-6-13)18(22)21-14-9-10-14/h2-8,11,14,17,20H,9-10H2,1H3,(H,21,22)/t17-/m0/s1. The fourth-order valence-corrected chi connectivity index (χ4v) is 2.49. The molecule has 0 aliphatic heterocycles.